The summed E-state index contributed by atoms with van der Waals surface area (Å²) in [5.41, 5.74) is 1.83. The normalized spacial score (nSPS) is 11.8. The molecule has 0 aromatic carbocycles. The topological polar surface area (TPSA) is 60.9 Å². The molecule has 7 heteroatoms. The molecular weight excluding hydrogens is 320 g/mol. The van der Waals surface area contributed by atoms with E-state index in [1.165, 1.54) is 0 Å². The van der Waals surface area contributed by atoms with Crippen molar-refractivity contribution in [2.75, 3.05) is 0 Å². The highest BCUT2D eigenvalue weighted by molar-refractivity contribution is 9.10. The minimum Gasteiger partial charge on any atom is -0.333 e. The molecule has 0 unspecified atom stereocenters. The number of rotatable bonds is 2. The summed E-state index contributed by atoms with van der Waals surface area (Å²) in [5, 5.41) is 4.43. The van der Waals surface area contributed by atoms with Gasteiger partial charge in [0, 0.05) is 25.0 Å². The van der Waals surface area contributed by atoms with Crippen molar-refractivity contribution >= 4 is 33.7 Å². The molecule has 3 rings (SSSR count). The zero-order valence-electron chi connectivity index (χ0n) is 11.4. The molecule has 0 fully saturated rings. The summed E-state index contributed by atoms with van der Waals surface area (Å²) in [6.45, 7) is 3.88. The Morgan fingerprint density at radius 2 is 2.00 bits per heavy atom. The van der Waals surface area contributed by atoms with Gasteiger partial charge in [0.25, 0.3) is 0 Å². The summed E-state index contributed by atoms with van der Waals surface area (Å²) in [5.74, 6) is 2.29. The minimum atomic E-state index is 0.642. The molecule has 0 aliphatic rings. The zero-order valence-corrected chi connectivity index (χ0v) is 13.0. The van der Waals surface area contributed by atoms with E-state index in [4.69, 9.17) is 0 Å². The van der Waals surface area contributed by atoms with Gasteiger partial charge in [-0.15, -0.1) is 5.10 Å². The van der Waals surface area contributed by atoms with Crippen molar-refractivity contribution in [2.24, 2.45) is 7.05 Å². The summed E-state index contributed by atoms with van der Waals surface area (Å²) in [6, 6.07) is 0. The van der Waals surface area contributed by atoms with Gasteiger partial charge in [0.2, 0.25) is 0 Å². The third-order valence-corrected chi connectivity index (χ3v) is 3.37. The number of nitrogens with zero attached hydrogens (tertiary/aromatic N) is 6. The average Bonchev–Trinajstić information content (AvgIpc) is 2.96. The van der Waals surface area contributed by atoms with E-state index in [-0.39, 0.29) is 0 Å². The summed E-state index contributed by atoms with van der Waals surface area (Å²) < 4.78 is 4.48. The molecule has 3 heterocycles. The summed E-state index contributed by atoms with van der Waals surface area (Å²) in [6.07, 6.45) is 7.44. The predicted octanol–water partition coefficient (Wildman–Crippen LogP) is 2.41. The molecule has 0 aliphatic carbocycles. The molecule has 0 saturated carbocycles. The fourth-order valence-corrected chi connectivity index (χ4v) is 2.42. The molecule has 0 aliphatic heterocycles. The number of fused-ring (bicyclic) bond motifs is 1. The maximum absolute atomic E-state index is 4.50. The monoisotopic (exact) mass is 332 g/mol. The Hall–Kier alpha value is -2.02. The largest absolute Gasteiger partial charge is 0.333 e. The Morgan fingerprint density at radius 1 is 1.20 bits per heavy atom. The first kappa shape index (κ1) is 13.0. The summed E-state index contributed by atoms with van der Waals surface area (Å²) >= 11 is 3.35. The van der Waals surface area contributed by atoms with Crippen molar-refractivity contribution < 1.29 is 0 Å². The van der Waals surface area contributed by atoms with Gasteiger partial charge in [0.1, 0.15) is 16.3 Å². The Kier molecular flexibility index (Phi) is 3.13. The van der Waals surface area contributed by atoms with Crippen molar-refractivity contribution in [3.8, 4) is 0 Å². The lowest BCUT2D eigenvalue weighted by Gasteiger charge is -1.97. The van der Waals surface area contributed by atoms with Gasteiger partial charge in [-0.05, 0) is 41.9 Å². The van der Waals surface area contributed by atoms with Gasteiger partial charge in [0.15, 0.2) is 11.5 Å². The molecule has 0 bridgehead atoms. The van der Waals surface area contributed by atoms with Crippen LogP contribution in [0.15, 0.2) is 17.0 Å². The zero-order chi connectivity index (χ0) is 14.3. The van der Waals surface area contributed by atoms with Crippen LogP contribution in [0.3, 0.4) is 0 Å². The number of hydrogen-bond donors (Lipinski definition) is 0. The Bertz CT molecular complexity index is 775. The van der Waals surface area contributed by atoms with E-state index >= 15 is 0 Å². The molecule has 102 valence electrons. The maximum atomic E-state index is 4.50. The SMILES string of the molecule is Cc1cnc(C)n2nc(C=Cc3nc(Br)cn3C)nc12. The van der Waals surface area contributed by atoms with Gasteiger partial charge in [0.05, 0.1) is 0 Å². The van der Waals surface area contributed by atoms with E-state index < -0.39 is 0 Å². The molecule has 0 N–H and O–H groups in total. The van der Waals surface area contributed by atoms with Gasteiger partial charge in [-0.2, -0.15) is 4.52 Å². The third-order valence-electron chi connectivity index (χ3n) is 2.99. The van der Waals surface area contributed by atoms with E-state index in [0.717, 1.165) is 27.5 Å². The number of imidazole rings is 1. The summed E-state index contributed by atoms with van der Waals surface area (Å²) in [7, 11) is 1.94. The van der Waals surface area contributed by atoms with Gasteiger partial charge in [-0.25, -0.2) is 15.0 Å². The van der Waals surface area contributed by atoms with Crippen LogP contribution < -0.4 is 0 Å². The molecule has 6 nitrogen and oxygen atoms in total. The van der Waals surface area contributed by atoms with Crippen LogP contribution in [0.4, 0.5) is 0 Å². The second kappa shape index (κ2) is 4.82. The smallest absolute Gasteiger partial charge is 0.175 e. The number of halogens is 1. The first-order chi connectivity index (χ1) is 9.54. The first-order valence-corrected chi connectivity index (χ1v) is 6.90. The van der Waals surface area contributed by atoms with Crippen LogP contribution in [0.5, 0.6) is 0 Å². The average molecular weight is 333 g/mol. The van der Waals surface area contributed by atoms with Gasteiger partial charge >= 0.3 is 0 Å². The van der Waals surface area contributed by atoms with Gasteiger partial charge in [-0.3, -0.25) is 0 Å². The number of aromatic nitrogens is 6. The third kappa shape index (κ3) is 2.24. The lowest BCUT2D eigenvalue weighted by molar-refractivity contribution is 0.853. The molecule has 3 aromatic heterocycles. The van der Waals surface area contributed by atoms with E-state index in [9.17, 15) is 0 Å². The van der Waals surface area contributed by atoms with Crippen LogP contribution in [-0.2, 0) is 7.05 Å². The van der Waals surface area contributed by atoms with Crippen molar-refractivity contribution in [1.29, 1.82) is 0 Å². The Morgan fingerprint density at radius 3 is 2.65 bits per heavy atom. The van der Waals surface area contributed by atoms with Crippen molar-refractivity contribution in [3.63, 3.8) is 0 Å². The first-order valence-electron chi connectivity index (χ1n) is 6.10. The van der Waals surface area contributed by atoms with E-state index in [2.05, 4.69) is 36.0 Å². The Balaban J connectivity index is 2.01. The van der Waals surface area contributed by atoms with E-state index in [1.54, 1.807) is 4.52 Å². The predicted molar refractivity (Wildman–Crippen MR) is 80.1 cm³/mol. The second-order valence-electron chi connectivity index (χ2n) is 4.56. The summed E-state index contributed by atoms with van der Waals surface area (Å²) in [4.78, 5) is 13.1. The van der Waals surface area contributed by atoms with Crippen LogP contribution >= 0.6 is 15.9 Å². The van der Waals surface area contributed by atoms with Crippen molar-refractivity contribution in [1.82, 2.24) is 29.1 Å². The standard InChI is InChI=1S/C13H13BrN6/c1-8-6-15-9(2)20-13(8)17-11(18-20)4-5-12-16-10(14)7-19(12)3/h4-7H,1-3H3. The lowest BCUT2D eigenvalue weighted by Crippen LogP contribution is -1.98. The van der Waals surface area contributed by atoms with Crippen LogP contribution in [-0.4, -0.2) is 29.1 Å². The lowest BCUT2D eigenvalue weighted by atomic mass is 10.3. The van der Waals surface area contributed by atoms with Crippen LogP contribution in [0.1, 0.15) is 23.0 Å². The highest BCUT2D eigenvalue weighted by Gasteiger charge is 2.07. The minimum absolute atomic E-state index is 0.642. The molecule has 20 heavy (non-hydrogen) atoms. The fraction of sp³-hybridized carbons (Fsp3) is 0.231. The van der Waals surface area contributed by atoms with Crippen LogP contribution in [0.2, 0.25) is 0 Å². The number of hydrogen-bond acceptors (Lipinski definition) is 4. The van der Waals surface area contributed by atoms with Crippen LogP contribution in [0, 0.1) is 13.8 Å². The Labute approximate surface area is 124 Å². The molecule has 0 atom stereocenters. The molecular formula is C13H13BrN6. The van der Waals surface area contributed by atoms with Crippen molar-refractivity contribution in [2.45, 2.75) is 13.8 Å². The van der Waals surface area contributed by atoms with E-state index in [0.29, 0.717) is 5.82 Å². The second-order valence-corrected chi connectivity index (χ2v) is 5.37. The molecule has 0 saturated heterocycles. The molecule has 0 amide bonds. The van der Waals surface area contributed by atoms with Crippen molar-refractivity contribution in [3.05, 3.63) is 40.0 Å². The molecule has 3 aromatic rings. The quantitative estimate of drug-likeness (QED) is 0.723. The van der Waals surface area contributed by atoms with Gasteiger partial charge < -0.3 is 4.57 Å². The highest BCUT2D eigenvalue weighted by atomic mass is 79.9. The molecule has 0 spiro atoms. The molecule has 0 radical (unpaired) electrons. The highest BCUT2D eigenvalue weighted by Crippen LogP contribution is 2.12. The fourth-order valence-electron chi connectivity index (χ4n) is 1.93. The van der Waals surface area contributed by atoms with E-state index in [1.807, 2.05) is 50.0 Å². The van der Waals surface area contributed by atoms with Gasteiger partial charge in [-0.1, -0.05) is 0 Å². The number of aryl methyl sites for hydroxylation is 3. The maximum Gasteiger partial charge on any atom is 0.175 e. The van der Waals surface area contributed by atoms with Crippen LogP contribution in [0.25, 0.3) is 17.8 Å².